The zero-order chi connectivity index (χ0) is 13.1. The van der Waals surface area contributed by atoms with E-state index in [-0.39, 0.29) is 11.9 Å². The molecule has 0 spiro atoms. The van der Waals surface area contributed by atoms with E-state index in [9.17, 15) is 4.79 Å². The van der Waals surface area contributed by atoms with E-state index >= 15 is 0 Å². The van der Waals surface area contributed by atoms with Crippen LogP contribution in [0.15, 0.2) is 12.3 Å². The van der Waals surface area contributed by atoms with E-state index in [2.05, 4.69) is 27.6 Å². The Bertz CT molecular complexity index is 447. The predicted molar refractivity (Wildman–Crippen MR) is 71.9 cm³/mol. The molecule has 2 rings (SSSR count). The van der Waals surface area contributed by atoms with Gasteiger partial charge in [0.05, 0.1) is 11.3 Å². The van der Waals surface area contributed by atoms with Gasteiger partial charge in [0.25, 0.3) is 5.91 Å². The lowest BCUT2D eigenvalue weighted by atomic mass is 10.1. The van der Waals surface area contributed by atoms with Gasteiger partial charge in [-0.2, -0.15) is 0 Å². The second kappa shape index (κ2) is 5.35. The van der Waals surface area contributed by atoms with E-state index < -0.39 is 0 Å². The number of likely N-dealkylation sites (tertiary alicyclic amines) is 1. The van der Waals surface area contributed by atoms with Crippen LogP contribution in [0.25, 0.3) is 0 Å². The average Bonchev–Trinajstić information content (AvgIpc) is 2.74. The SMILES string of the molecule is CNc1cc(C)ncc1C(=O)NC1CCN(C)C1. The van der Waals surface area contributed by atoms with Crippen molar-refractivity contribution in [2.75, 3.05) is 32.5 Å². The first kappa shape index (κ1) is 12.8. The molecular weight excluding hydrogens is 228 g/mol. The molecule has 0 aliphatic carbocycles. The number of hydrogen-bond acceptors (Lipinski definition) is 4. The highest BCUT2D eigenvalue weighted by atomic mass is 16.1. The Labute approximate surface area is 108 Å². The van der Waals surface area contributed by atoms with Gasteiger partial charge in [-0.25, -0.2) is 0 Å². The molecule has 0 aromatic carbocycles. The number of nitrogens with one attached hydrogen (secondary N) is 2. The molecule has 2 heterocycles. The number of rotatable bonds is 3. The molecule has 1 aromatic heterocycles. The van der Waals surface area contributed by atoms with E-state index in [1.165, 1.54) is 0 Å². The maximum absolute atomic E-state index is 12.2. The Hall–Kier alpha value is -1.62. The summed E-state index contributed by atoms with van der Waals surface area (Å²) in [5.74, 6) is -0.0489. The van der Waals surface area contributed by atoms with E-state index in [1.54, 1.807) is 6.20 Å². The van der Waals surface area contributed by atoms with Gasteiger partial charge in [-0.15, -0.1) is 0 Å². The first-order valence-electron chi connectivity index (χ1n) is 6.24. The fourth-order valence-corrected chi connectivity index (χ4v) is 2.26. The molecule has 2 N–H and O–H groups in total. The maximum atomic E-state index is 12.2. The predicted octanol–water partition coefficient (Wildman–Crippen LogP) is 0.866. The molecule has 0 radical (unpaired) electrons. The molecule has 5 heteroatoms. The number of nitrogens with zero attached hydrogens (tertiary/aromatic N) is 2. The third kappa shape index (κ3) is 2.79. The summed E-state index contributed by atoms with van der Waals surface area (Å²) in [5.41, 5.74) is 2.33. The number of carbonyl (C=O) groups excluding carboxylic acids is 1. The van der Waals surface area contributed by atoms with Crippen molar-refractivity contribution >= 4 is 11.6 Å². The summed E-state index contributed by atoms with van der Waals surface area (Å²) in [6.45, 7) is 3.87. The largest absolute Gasteiger partial charge is 0.387 e. The van der Waals surface area contributed by atoms with E-state index in [0.717, 1.165) is 30.9 Å². The number of amides is 1. The second-order valence-electron chi connectivity index (χ2n) is 4.84. The molecule has 0 bridgehead atoms. The number of aromatic nitrogens is 1. The molecule has 1 aromatic rings. The summed E-state index contributed by atoms with van der Waals surface area (Å²) in [5, 5.41) is 6.10. The van der Waals surface area contributed by atoms with Gasteiger partial charge in [-0.1, -0.05) is 0 Å². The quantitative estimate of drug-likeness (QED) is 0.833. The number of aryl methyl sites for hydroxylation is 1. The topological polar surface area (TPSA) is 57.3 Å². The van der Waals surface area contributed by atoms with Crippen LogP contribution in [-0.2, 0) is 0 Å². The summed E-state index contributed by atoms with van der Waals surface area (Å²) in [6.07, 6.45) is 2.64. The van der Waals surface area contributed by atoms with Crippen LogP contribution in [0.4, 0.5) is 5.69 Å². The van der Waals surface area contributed by atoms with Crippen molar-refractivity contribution < 1.29 is 4.79 Å². The van der Waals surface area contributed by atoms with Crippen LogP contribution in [0.1, 0.15) is 22.5 Å². The van der Waals surface area contributed by atoms with Gasteiger partial charge in [-0.3, -0.25) is 9.78 Å². The van der Waals surface area contributed by atoms with Crippen LogP contribution >= 0.6 is 0 Å². The van der Waals surface area contributed by atoms with Crippen molar-refractivity contribution in [1.29, 1.82) is 0 Å². The smallest absolute Gasteiger partial charge is 0.255 e. The summed E-state index contributed by atoms with van der Waals surface area (Å²) in [6, 6.07) is 2.13. The summed E-state index contributed by atoms with van der Waals surface area (Å²) >= 11 is 0. The molecule has 1 unspecified atom stereocenters. The van der Waals surface area contributed by atoms with Crippen molar-refractivity contribution in [2.24, 2.45) is 0 Å². The number of hydrogen-bond donors (Lipinski definition) is 2. The Morgan fingerprint density at radius 1 is 1.56 bits per heavy atom. The minimum atomic E-state index is -0.0489. The Morgan fingerprint density at radius 3 is 2.94 bits per heavy atom. The summed E-state index contributed by atoms with van der Waals surface area (Å²) in [7, 11) is 3.88. The fourth-order valence-electron chi connectivity index (χ4n) is 2.26. The third-order valence-corrected chi connectivity index (χ3v) is 3.28. The van der Waals surface area contributed by atoms with Gasteiger partial charge in [0.1, 0.15) is 0 Å². The molecule has 1 amide bonds. The maximum Gasteiger partial charge on any atom is 0.255 e. The molecular formula is C13H20N4O. The number of carbonyl (C=O) groups is 1. The van der Waals surface area contributed by atoms with Crippen LogP contribution in [0, 0.1) is 6.92 Å². The molecule has 98 valence electrons. The lowest BCUT2D eigenvalue weighted by Gasteiger charge is -2.14. The lowest BCUT2D eigenvalue weighted by Crippen LogP contribution is -2.36. The Balaban J connectivity index is 2.09. The zero-order valence-electron chi connectivity index (χ0n) is 11.2. The van der Waals surface area contributed by atoms with Gasteiger partial charge in [0.2, 0.25) is 0 Å². The fraction of sp³-hybridized carbons (Fsp3) is 0.538. The van der Waals surface area contributed by atoms with Crippen molar-refractivity contribution in [3.63, 3.8) is 0 Å². The molecule has 18 heavy (non-hydrogen) atoms. The van der Waals surface area contributed by atoms with Crippen LogP contribution in [-0.4, -0.2) is 49.0 Å². The number of pyridine rings is 1. The average molecular weight is 248 g/mol. The van der Waals surface area contributed by atoms with Gasteiger partial charge >= 0.3 is 0 Å². The first-order valence-corrected chi connectivity index (χ1v) is 6.24. The van der Waals surface area contributed by atoms with Crippen molar-refractivity contribution in [1.82, 2.24) is 15.2 Å². The summed E-state index contributed by atoms with van der Waals surface area (Å²) in [4.78, 5) is 18.6. The molecule has 1 fully saturated rings. The Kier molecular flexibility index (Phi) is 3.81. The lowest BCUT2D eigenvalue weighted by molar-refractivity contribution is 0.0939. The van der Waals surface area contributed by atoms with Crippen molar-refractivity contribution in [3.8, 4) is 0 Å². The third-order valence-electron chi connectivity index (χ3n) is 3.28. The van der Waals surface area contributed by atoms with Gasteiger partial charge < -0.3 is 15.5 Å². The van der Waals surface area contributed by atoms with E-state index in [0.29, 0.717) is 5.56 Å². The number of likely N-dealkylation sites (N-methyl/N-ethyl adjacent to an activating group) is 1. The second-order valence-corrected chi connectivity index (χ2v) is 4.84. The van der Waals surface area contributed by atoms with Crippen LogP contribution < -0.4 is 10.6 Å². The minimum Gasteiger partial charge on any atom is -0.387 e. The summed E-state index contributed by atoms with van der Waals surface area (Å²) < 4.78 is 0. The molecule has 1 aliphatic rings. The van der Waals surface area contributed by atoms with Gasteiger partial charge in [0, 0.05) is 31.5 Å². The minimum absolute atomic E-state index is 0.0489. The highest BCUT2D eigenvalue weighted by Crippen LogP contribution is 2.16. The normalized spacial score (nSPS) is 19.8. The van der Waals surface area contributed by atoms with Crippen molar-refractivity contribution in [3.05, 3.63) is 23.5 Å². The van der Waals surface area contributed by atoms with Gasteiger partial charge in [0.15, 0.2) is 0 Å². The van der Waals surface area contributed by atoms with Crippen LogP contribution in [0.5, 0.6) is 0 Å². The first-order chi connectivity index (χ1) is 8.60. The van der Waals surface area contributed by atoms with Crippen molar-refractivity contribution in [2.45, 2.75) is 19.4 Å². The number of anilines is 1. The molecule has 5 nitrogen and oxygen atoms in total. The monoisotopic (exact) mass is 248 g/mol. The highest BCUT2D eigenvalue weighted by Gasteiger charge is 2.22. The Morgan fingerprint density at radius 2 is 2.33 bits per heavy atom. The van der Waals surface area contributed by atoms with E-state index in [1.807, 2.05) is 20.0 Å². The molecule has 1 aliphatic heterocycles. The molecule has 1 saturated heterocycles. The van der Waals surface area contributed by atoms with Crippen LogP contribution in [0.3, 0.4) is 0 Å². The van der Waals surface area contributed by atoms with Gasteiger partial charge in [-0.05, 0) is 33.0 Å². The van der Waals surface area contributed by atoms with E-state index in [4.69, 9.17) is 0 Å². The molecule has 1 atom stereocenters. The highest BCUT2D eigenvalue weighted by molar-refractivity contribution is 5.99. The standard InChI is InChI=1S/C13H20N4O/c1-9-6-12(14-2)11(7-15-9)13(18)16-10-4-5-17(3)8-10/h6-7,10H,4-5,8H2,1-3H3,(H,14,15)(H,16,18). The molecule has 0 saturated carbocycles. The van der Waals surface area contributed by atoms with Crippen LogP contribution in [0.2, 0.25) is 0 Å². The zero-order valence-corrected chi connectivity index (χ0v) is 11.2.